The molecule has 1 aromatic carbocycles. The number of nitrogens with zero attached hydrogens (tertiary/aromatic N) is 1. The summed E-state index contributed by atoms with van der Waals surface area (Å²) in [5.74, 6) is 0.590. The van der Waals surface area contributed by atoms with Crippen LogP contribution in [0.1, 0.15) is 18.9 Å². The molecular formula is C15H22N2. The van der Waals surface area contributed by atoms with Crippen LogP contribution in [0.15, 0.2) is 36.9 Å². The smallest absolute Gasteiger partial charge is 0.0233 e. The summed E-state index contributed by atoms with van der Waals surface area (Å²) in [6, 6.07) is 10.8. The summed E-state index contributed by atoms with van der Waals surface area (Å²) in [4.78, 5) is 2.46. The van der Waals surface area contributed by atoms with Gasteiger partial charge in [-0.1, -0.05) is 43.8 Å². The molecule has 0 aliphatic carbocycles. The van der Waals surface area contributed by atoms with Crippen molar-refractivity contribution in [3.05, 3.63) is 42.5 Å². The molecule has 2 unspecified atom stereocenters. The molecule has 0 spiro atoms. The normalized spacial score (nSPS) is 25.8. The van der Waals surface area contributed by atoms with E-state index in [1.807, 2.05) is 6.07 Å². The van der Waals surface area contributed by atoms with Gasteiger partial charge in [-0.05, 0) is 30.0 Å². The van der Waals surface area contributed by atoms with Crippen LogP contribution in [0.4, 0.5) is 0 Å². The van der Waals surface area contributed by atoms with Gasteiger partial charge in [0.15, 0.2) is 0 Å². The fourth-order valence-electron chi connectivity index (χ4n) is 2.43. The van der Waals surface area contributed by atoms with Crippen molar-refractivity contribution in [3.63, 3.8) is 0 Å². The highest BCUT2D eigenvalue weighted by molar-refractivity contribution is 5.64. The monoisotopic (exact) mass is 230 g/mol. The third-order valence-electron chi connectivity index (χ3n) is 3.65. The molecular weight excluding hydrogens is 208 g/mol. The van der Waals surface area contributed by atoms with Crippen LogP contribution in [-0.2, 0) is 0 Å². The SMILES string of the molecule is C=C(CN1CCC(N)C(C)C1)c1ccccc1. The van der Waals surface area contributed by atoms with Crippen molar-refractivity contribution in [1.82, 2.24) is 4.90 Å². The zero-order valence-electron chi connectivity index (χ0n) is 10.6. The van der Waals surface area contributed by atoms with Gasteiger partial charge in [-0.15, -0.1) is 0 Å². The fraction of sp³-hybridized carbons (Fsp3) is 0.467. The lowest BCUT2D eigenvalue weighted by Crippen LogP contribution is -2.46. The van der Waals surface area contributed by atoms with E-state index in [1.54, 1.807) is 0 Å². The third-order valence-corrected chi connectivity index (χ3v) is 3.65. The maximum atomic E-state index is 6.03. The Morgan fingerprint density at radius 1 is 1.41 bits per heavy atom. The Bertz CT molecular complexity index is 372. The van der Waals surface area contributed by atoms with E-state index in [0.717, 1.165) is 26.1 Å². The molecule has 2 N–H and O–H groups in total. The Labute approximate surface area is 104 Å². The van der Waals surface area contributed by atoms with Crippen molar-refractivity contribution in [3.8, 4) is 0 Å². The van der Waals surface area contributed by atoms with Gasteiger partial charge in [0.05, 0.1) is 0 Å². The van der Waals surface area contributed by atoms with E-state index in [1.165, 1.54) is 11.1 Å². The molecule has 1 aliphatic rings. The zero-order chi connectivity index (χ0) is 12.3. The van der Waals surface area contributed by atoms with E-state index in [2.05, 4.69) is 42.7 Å². The molecule has 2 rings (SSSR count). The second-order valence-corrected chi connectivity index (χ2v) is 5.13. The lowest BCUT2D eigenvalue weighted by molar-refractivity contribution is 0.182. The first kappa shape index (κ1) is 12.3. The van der Waals surface area contributed by atoms with E-state index in [4.69, 9.17) is 5.73 Å². The summed E-state index contributed by atoms with van der Waals surface area (Å²) in [5.41, 5.74) is 8.48. The number of hydrogen-bond acceptors (Lipinski definition) is 2. The van der Waals surface area contributed by atoms with E-state index in [0.29, 0.717) is 12.0 Å². The van der Waals surface area contributed by atoms with E-state index in [-0.39, 0.29) is 0 Å². The summed E-state index contributed by atoms with van der Waals surface area (Å²) in [6.45, 7) is 9.57. The van der Waals surface area contributed by atoms with Crippen LogP contribution < -0.4 is 5.73 Å². The molecule has 1 saturated heterocycles. The quantitative estimate of drug-likeness (QED) is 0.863. The maximum absolute atomic E-state index is 6.03. The Morgan fingerprint density at radius 2 is 2.12 bits per heavy atom. The average molecular weight is 230 g/mol. The molecule has 0 saturated carbocycles. The first-order valence-corrected chi connectivity index (χ1v) is 6.38. The van der Waals surface area contributed by atoms with Crippen molar-refractivity contribution < 1.29 is 0 Å². The minimum atomic E-state index is 0.372. The standard InChI is InChI=1S/C15H22N2/c1-12(14-6-4-3-5-7-14)10-17-9-8-15(16)13(2)11-17/h3-7,13,15H,1,8-11,16H2,2H3. The van der Waals surface area contributed by atoms with Crippen LogP contribution in [0.25, 0.3) is 5.57 Å². The van der Waals surface area contributed by atoms with Crippen LogP contribution >= 0.6 is 0 Å². The Hall–Kier alpha value is -1.12. The Balaban J connectivity index is 1.92. The number of benzene rings is 1. The number of rotatable bonds is 3. The highest BCUT2D eigenvalue weighted by Crippen LogP contribution is 2.19. The van der Waals surface area contributed by atoms with Gasteiger partial charge in [0.25, 0.3) is 0 Å². The predicted octanol–water partition coefficient (Wildman–Crippen LogP) is 2.37. The molecule has 1 aromatic rings. The Kier molecular flexibility index (Phi) is 3.97. The van der Waals surface area contributed by atoms with Gasteiger partial charge >= 0.3 is 0 Å². The molecule has 2 nitrogen and oxygen atoms in total. The zero-order valence-corrected chi connectivity index (χ0v) is 10.6. The minimum Gasteiger partial charge on any atom is -0.327 e. The second kappa shape index (κ2) is 5.48. The van der Waals surface area contributed by atoms with Gasteiger partial charge in [0, 0.05) is 19.1 Å². The van der Waals surface area contributed by atoms with Gasteiger partial charge in [-0.3, -0.25) is 4.90 Å². The van der Waals surface area contributed by atoms with Crippen LogP contribution in [0.2, 0.25) is 0 Å². The number of nitrogens with two attached hydrogens (primary N) is 1. The molecule has 0 amide bonds. The predicted molar refractivity (Wildman–Crippen MR) is 73.7 cm³/mol. The van der Waals surface area contributed by atoms with Gasteiger partial charge < -0.3 is 5.73 Å². The van der Waals surface area contributed by atoms with Crippen LogP contribution in [0.3, 0.4) is 0 Å². The summed E-state index contributed by atoms with van der Waals surface area (Å²) >= 11 is 0. The van der Waals surface area contributed by atoms with Crippen LogP contribution in [0.5, 0.6) is 0 Å². The van der Waals surface area contributed by atoms with Gasteiger partial charge in [0.1, 0.15) is 0 Å². The summed E-state index contributed by atoms with van der Waals surface area (Å²) in [7, 11) is 0. The number of likely N-dealkylation sites (tertiary alicyclic amines) is 1. The average Bonchev–Trinajstić information content (AvgIpc) is 2.35. The molecule has 2 heteroatoms. The van der Waals surface area contributed by atoms with E-state index < -0.39 is 0 Å². The van der Waals surface area contributed by atoms with E-state index >= 15 is 0 Å². The summed E-state index contributed by atoms with van der Waals surface area (Å²) in [5, 5.41) is 0. The fourth-order valence-corrected chi connectivity index (χ4v) is 2.43. The summed E-state index contributed by atoms with van der Waals surface area (Å²) in [6.07, 6.45) is 1.10. The summed E-state index contributed by atoms with van der Waals surface area (Å²) < 4.78 is 0. The maximum Gasteiger partial charge on any atom is 0.0233 e. The van der Waals surface area contributed by atoms with Crippen molar-refractivity contribution >= 4 is 5.57 Å². The number of hydrogen-bond donors (Lipinski definition) is 1. The number of piperidine rings is 1. The first-order chi connectivity index (χ1) is 8.16. The molecule has 0 bridgehead atoms. The molecule has 0 aromatic heterocycles. The highest BCUT2D eigenvalue weighted by Gasteiger charge is 2.23. The molecule has 92 valence electrons. The van der Waals surface area contributed by atoms with Crippen LogP contribution in [-0.4, -0.2) is 30.6 Å². The van der Waals surface area contributed by atoms with Crippen molar-refractivity contribution in [2.45, 2.75) is 19.4 Å². The van der Waals surface area contributed by atoms with E-state index in [9.17, 15) is 0 Å². The molecule has 1 aliphatic heterocycles. The Morgan fingerprint density at radius 3 is 2.76 bits per heavy atom. The van der Waals surface area contributed by atoms with Crippen LogP contribution in [0, 0.1) is 5.92 Å². The van der Waals surface area contributed by atoms with Crippen molar-refractivity contribution in [2.75, 3.05) is 19.6 Å². The lowest BCUT2D eigenvalue weighted by Gasteiger charge is -2.35. The van der Waals surface area contributed by atoms with Crippen molar-refractivity contribution in [2.24, 2.45) is 11.7 Å². The molecule has 1 heterocycles. The highest BCUT2D eigenvalue weighted by atomic mass is 15.1. The second-order valence-electron chi connectivity index (χ2n) is 5.13. The van der Waals surface area contributed by atoms with Crippen molar-refractivity contribution in [1.29, 1.82) is 0 Å². The van der Waals surface area contributed by atoms with Gasteiger partial charge in [-0.2, -0.15) is 0 Å². The molecule has 1 fully saturated rings. The lowest BCUT2D eigenvalue weighted by atomic mass is 9.94. The third kappa shape index (κ3) is 3.18. The van der Waals surface area contributed by atoms with Gasteiger partial charge in [-0.25, -0.2) is 0 Å². The topological polar surface area (TPSA) is 29.3 Å². The molecule has 17 heavy (non-hydrogen) atoms. The minimum absolute atomic E-state index is 0.372. The van der Waals surface area contributed by atoms with Gasteiger partial charge in [0.2, 0.25) is 0 Å². The molecule has 0 radical (unpaired) electrons. The molecule has 2 atom stereocenters. The largest absolute Gasteiger partial charge is 0.327 e. The first-order valence-electron chi connectivity index (χ1n) is 6.38.